The third-order valence-corrected chi connectivity index (χ3v) is 3.06. The third kappa shape index (κ3) is 4.10. The maximum atomic E-state index is 11.6. The fourth-order valence-corrected chi connectivity index (χ4v) is 2.04. The average molecular weight is 261 g/mol. The lowest BCUT2D eigenvalue weighted by Crippen LogP contribution is -2.30. The van der Waals surface area contributed by atoms with Crippen LogP contribution in [0.25, 0.3) is 0 Å². The second kappa shape index (κ2) is 6.95. The average Bonchev–Trinajstić information content (AvgIpc) is 2.92. The number of nitrogens with zero attached hydrogens (tertiary/aromatic N) is 1. The first-order valence-corrected chi connectivity index (χ1v) is 6.47. The Morgan fingerprint density at radius 3 is 2.95 bits per heavy atom. The second-order valence-electron chi connectivity index (χ2n) is 4.52. The summed E-state index contributed by atoms with van der Waals surface area (Å²) in [7, 11) is 0. The zero-order chi connectivity index (χ0) is 13.5. The van der Waals surface area contributed by atoms with Crippen molar-refractivity contribution in [3.8, 4) is 0 Å². The minimum absolute atomic E-state index is 0.0940. The van der Waals surface area contributed by atoms with Gasteiger partial charge in [-0.1, -0.05) is 43.0 Å². The Morgan fingerprint density at radius 1 is 1.42 bits per heavy atom. The van der Waals surface area contributed by atoms with E-state index in [1.54, 1.807) is 11.0 Å². The molecule has 1 saturated heterocycles. The number of amides is 1. The molecule has 1 aliphatic heterocycles. The Kier molecular flexibility index (Phi) is 4.98. The minimum atomic E-state index is -0.286. The van der Waals surface area contributed by atoms with Crippen molar-refractivity contribution < 1.29 is 14.3 Å². The van der Waals surface area contributed by atoms with E-state index in [1.807, 2.05) is 30.3 Å². The molecule has 0 saturated carbocycles. The third-order valence-electron chi connectivity index (χ3n) is 3.06. The van der Waals surface area contributed by atoms with Gasteiger partial charge in [0.1, 0.15) is 6.61 Å². The molecule has 1 heterocycles. The maximum absolute atomic E-state index is 11.6. The van der Waals surface area contributed by atoms with Crippen molar-refractivity contribution in [1.29, 1.82) is 0 Å². The lowest BCUT2D eigenvalue weighted by molar-refractivity contribution is 0.0447. The molecule has 19 heavy (non-hydrogen) atoms. The van der Waals surface area contributed by atoms with Gasteiger partial charge in [-0.25, -0.2) is 4.79 Å². The highest BCUT2D eigenvalue weighted by atomic mass is 16.6. The number of benzene rings is 1. The zero-order valence-electron chi connectivity index (χ0n) is 11.0. The summed E-state index contributed by atoms with van der Waals surface area (Å²) in [5, 5.41) is 0. The molecule has 1 unspecified atom stereocenters. The number of rotatable bonds is 5. The van der Waals surface area contributed by atoms with Gasteiger partial charge in [-0.3, -0.25) is 0 Å². The number of hydrogen-bond acceptors (Lipinski definition) is 3. The summed E-state index contributed by atoms with van der Waals surface area (Å²) in [6, 6.07) is 10.0. The highest BCUT2D eigenvalue weighted by Crippen LogP contribution is 2.15. The Bertz CT molecular complexity index is 419. The predicted octanol–water partition coefficient (Wildman–Crippen LogP) is 2.60. The normalized spacial score (nSPS) is 18.3. The van der Waals surface area contributed by atoms with E-state index >= 15 is 0 Å². The van der Waals surface area contributed by atoms with Crippen LogP contribution in [0.15, 0.2) is 43.0 Å². The molecule has 0 bridgehead atoms. The van der Waals surface area contributed by atoms with Crippen LogP contribution in [-0.2, 0) is 16.1 Å². The van der Waals surface area contributed by atoms with E-state index in [2.05, 4.69) is 6.58 Å². The summed E-state index contributed by atoms with van der Waals surface area (Å²) in [6.45, 7) is 5.65. The minimum Gasteiger partial charge on any atom is -0.445 e. The van der Waals surface area contributed by atoms with Crippen LogP contribution in [0, 0.1) is 0 Å². The Labute approximate surface area is 113 Å². The molecule has 0 N–H and O–H groups in total. The SMILES string of the molecule is C=CCOC(=O)N1CCC(OCc2ccccc2)C1. The fraction of sp³-hybridized carbons (Fsp3) is 0.400. The highest BCUT2D eigenvalue weighted by Gasteiger charge is 2.27. The molecule has 4 nitrogen and oxygen atoms in total. The van der Waals surface area contributed by atoms with Gasteiger partial charge < -0.3 is 14.4 Å². The van der Waals surface area contributed by atoms with Crippen LogP contribution in [0.4, 0.5) is 4.79 Å². The van der Waals surface area contributed by atoms with E-state index < -0.39 is 0 Å². The van der Waals surface area contributed by atoms with E-state index in [1.165, 1.54) is 0 Å². The Hall–Kier alpha value is -1.81. The molecule has 1 fully saturated rings. The first-order chi connectivity index (χ1) is 9.29. The lowest BCUT2D eigenvalue weighted by Gasteiger charge is -2.16. The highest BCUT2D eigenvalue weighted by molar-refractivity contribution is 5.68. The first-order valence-electron chi connectivity index (χ1n) is 6.47. The van der Waals surface area contributed by atoms with E-state index in [0.29, 0.717) is 19.7 Å². The molecule has 1 atom stereocenters. The van der Waals surface area contributed by atoms with Gasteiger partial charge >= 0.3 is 6.09 Å². The molecule has 2 rings (SSSR count). The van der Waals surface area contributed by atoms with Gasteiger partial charge in [0.15, 0.2) is 0 Å². The summed E-state index contributed by atoms with van der Waals surface area (Å²) in [5.74, 6) is 0. The van der Waals surface area contributed by atoms with Crippen molar-refractivity contribution in [3.05, 3.63) is 48.6 Å². The molecule has 0 aromatic heterocycles. The van der Waals surface area contributed by atoms with Crippen molar-refractivity contribution >= 4 is 6.09 Å². The molecule has 1 aromatic rings. The topological polar surface area (TPSA) is 38.8 Å². The predicted molar refractivity (Wildman–Crippen MR) is 72.8 cm³/mol. The van der Waals surface area contributed by atoms with E-state index in [4.69, 9.17) is 9.47 Å². The number of carbonyl (C=O) groups is 1. The van der Waals surface area contributed by atoms with Crippen LogP contribution in [-0.4, -0.2) is 36.8 Å². The van der Waals surface area contributed by atoms with E-state index in [0.717, 1.165) is 12.0 Å². The molecule has 102 valence electrons. The van der Waals surface area contributed by atoms with Crippen molar-refractivity contribution in [2.75, 3.05) is 19.7 Å². The smallest absolute Gasteiger partial charge is 0.410 e. The Morgan fingerprint density at radius 2 is 2.21 bits per heavy atom. The zero-order valence-corrected chi connectivity index (χ0v) is 11.0. The van der Waals surface area contributed by atoms with Gasteiger partial charge in [0, 0.05) is 6.54 Å². The number of ether oxygens (including phenoxy) is 2. The lowest BCUT2D eigenvalue weighted by atomic mass is 10.2. The van der Waals surface area contributed by atoms with Crippen LogP contribution in [0.3, 0.4) is 0 Å². The summed E-state index contributed by atoms with van der Waals surface area (Å²) in [4.78, 5) is 13.3. The van der Waals surface area contributed by atoms with Crippen LogP contribution in [0.2, 0.25) is 0 Å². The van der Waals surface area contributed by atoms with Crippen LogP contribution in [0.5, 0.6) is 0 Å². The van der Waals surface area contributed by atoms with E-state index in [9.17, 15) is 4.79 Å². The first kappa shape index (κ1) is 13.6. The fourth-order valence-electron chi connectivity index (χ4n) is 2.04. The summed E-state index contributed by atoms with van der Waals surface area (Å²) in [6.07, 6.45) is 2.23. The molecule has 1 aliphatic rings. The van der Waals surface area contributed by atoms with Gasteiger partial charge in [-0.05, 0) is 12.0 Å². The maximum Gasteiger partial charge on any atom is 0.410 e. The number of hydrogen-bond donors (Lipinski definition) is 0. The van der Waals surface area contributed by atoms with Crippen LogP contribution < -0.4 is 0 Å². The van der Waals surface area contributed by atoms with Crippen molar-refractivity contribution in [2.24, 2.45) is 0 Å². The quantitative estimate of drug-likeness (QED) is 0.765. The molecule has 0 spiro atoms. The Balaban J connectivity index is 1.73. The molecule has 1 amide bonds. The van der Waals surface area contributed by atoms with Gasteiger partial charge in [-0.15, -0.1) is 0 Å². The molecule has 0 radical (unpaired) electrons. The van der Waals surface area contributed by atoms with E-state index in [-0.39, 0.29) is 18.8 Å². The summed E-state index contributed by atoms with van der Waals surface area (Å²) >= 11 is 0. The standard InChI is InChI=1S/C15H19NO3/c1-2-10-18-15(17)16-9-8-14(11-16)19-12-13-6-4-3-5-7-13/h2-7,14H,1,8-12H2. The summed E-state index contributed by atoms with van der Waals surface area (Å²) < 4.78 is 10.8. The molecular formula is C15H19NO3. The molecular weight excluding hydrogens is 242 g/mol. The van der Waals surface area contributed by atoms with Crippen molar-refractivity contribution in [1.82, 2.24) is 4.90 Å². The van der Waals surface area contributed by atoms with Gasteiger partial charge in [0.2, 0.25) is 0 Å². The van der Waals surface area contributed by atoms with Crippen molar-refractivity contribution in [3.63, 3.8) is 0 Å². The van der Waals surface area contributed by atoms with Gasteiger partial charge in [0.05, 0.1) is 19.3 Å². The molecule has 1 aromatic carbocycles. The molecule has 4 heteroatoms. The number of likely N-dealkylation sites (tertiary alicyclic amines) is 1. The van der Waals surface area contributed by atoms with Crippen molar-refractivity contribution in [2.45, 2.75) is 19.1 Å². The summed E-state index contributed by atoms with van der Waals surface area (Å²) in [5.41, 5.74) is 1.15. The monoisotopic (exact) mass is 261 g/mol. The second-order valence-corrected chi connectivity index (χ2v) is 4.52. The molecule has 0 aliphatic carbocycles. The van der Waals surface area contributed by atoms with Crippen LogP contribution >= 0.6 is 0 Å². The van der Waals surface area contributed by atoms with Crippen LogP contribution in [0.1, 0.15) is 12.0 Å². The largest absolute Gasteiger partial charge is 0.445 e. The van der Waals surface area contributed by atoms with Gasteiger partial charge in [-0.2, -0.15) is 0 Å². The number of carbonyl (C=O) groups excluding carboxylic acids is 1. The van der Waals surface area contributed by atoms with Gasteiger partial charge in [0.25, 0.3) is 0 Å².